The van der Waals surface area contributed by atoms with Gasteiger partial charge in [0.2, 0.25) is 0 Å². The Morgan fingerprint density at radius 3 is 2.41 bits per heavy atom. The van der Waals surface area contributed by atoms with E-state index in [1.165, 1.54) is 31.8 Å². The molecule has 0 aliphatic heterocycles. The third-order valence-corrected chi connectivity index (χ3v) is 5.43. The molecule has 0 aliphatic carbocycles. The number of carbonyl (C=O) groups is 2. The van der Waals surface area contributed by atoms with Crippen molar-refractivity contribution in [2.75, 3.05) is 19.5 Å². The summed E-state index contributed by atoms with van der Waals surface area (Å²) in [6, 6.07) is 10.2. The number of methoxy groups -OCH3 is 2. The summed E-state index contributed by atoms with van der Waals surface area (Å²) in [5, 5.41) is 28.6. The van der Waals surface area contributed by atoms with Gasteiger partial charge in [-0.25, -0.2) is 4.79 Å². The molecule has 0 aliphatic rings. The van der Waals surface area contributed by atoms with E-state index in [1.54, 1.807) is 43.5 Å². The number of amides is 2. The van der Waals surface area contributed by atoms with Gasteiger partial charge in [0.25, 0.3) is 5.56 Å². The van der Waals surface area contributed by atoms with E-state index in [1.807, 2.05) is 6.07 Å². The molecule has 184 valence electrons. The van der Waals surface area contributed by atoms with Gasteiger partial charge in [-0.2, -0.15) is 0 Å². The molecule has 3 rings (SSSR count). The Morgan fingerprint density at radius 1 is 1.08 bits per heavy atom. The largest absolute Gasteiger partial charge is 1.00 e. The van der Waals surface area contributed by atoms with Crippen LogP contribution in [0.1, 0.15) is 23.6 Å². The normalized spacial score (nSPS) is 10.8. The van der Waals surface area contributed by atoms with Gasteiger partial charge in [0.1, 0.15) is 17.2 Å². The van der Waals surface area contributed by atoms with Gasteiger partial charge in [0.05, 0.1) is 20.3 Å². The van der Waals surface area contributed by atoms with Crippen molar-refractivity contribution in [2.45, 2.75) is 19.4 Å². The molecule has 1 atom stereocenters. The third kappa shape index (κ3) is 8.00. The van der Waals surface area contributed by atoms with Crippen molar-refractivity contribution in [3.63, 3.8) is 0 Å². The van der Waals surface area contributed by atoms with Gasteiger partial charge < -0.3 is 39.7 Å². The number of carboxylic acids is 1. The molecule has 0 saturated carbocycles. The number of aryl methyl sites for hydroxylation is 2. The summed E-state index contributed by atoms with van der Waals surface area (Å²) in [6.07, 6.45) is 0.817. The van der Waals surface area contributed by atoms with Crippen molar-refractivity contribution >= 4 is 17.7 Å². The predicted octanol–water partition coefficient (Wildman–Crippen LogP) is -4.54. The molecule has 0 radical (unpaired) electrons. The smallest absolute Gasteiger partial charge is 0.871 e. The Balaban J connectivity index is 0.00000342. The van der Waals surface area contributed by atoms with Crippen molar-refractivity contribution < 1.29 is 88.4 Å². The minimum absolute atomic E-state index is 0. The van der Waals surface area contributed by atoms with Crippen LogP contribution in [0.4, 0.5) is 10.5 Å². The van der Waals surface area contributed by atoms with E-state index in [-0.39, 0.29) is 64.7 Å². The molecular weight excluding hydrogens is 500 g/mol. The van der Waals surface area contributed by atoms with Crippen LogP contribution in [-0.4, -0.2) is 30.8 Å². The van der Waals surface area contributed by atoms with E-state index in [9.17, 15) is 24.6 Å². The second-order valence-corrected chi connectivity index (χ2v) is 7.85. The number of carbonyl (C=O) groups excluding carboxylic acids is 2. The van der Waals surface area contributed by atoms with Gasteiger partial charge in [-0.3, -0.25) is 4.79 Å². The number of benzene rings is 2. The first-order valence-electron chi connectivity index (χ1n) is 10.6. The topological polar surface area (TPSA) is 145 Å². The number of aliphatic carboxylic acids is 1. The fourth-order valence-corrected chi connectivity index (χ4v) is 3.67. The molecule has 0 spiro atoms. The standard InChI is InChI=1S/C25H27N3O7.2Na/c1-14-13-28(2)24(32)22(23(14)31)27-25(33)26-19(12-21(29)30)16-8-9-20(35-4)18(11-16)15-6-5-7-17(10-15)34-3;;/h5-11,13,19,31H,12H2,1-4H3,(H,29,30)(H2,26,27,33);;/q;2*+1/p-2/t19-;;/m0../s1. The summed E-state index contributed by atoms with van der Waals surface area (Å²) in [5.74, 6) is -0.876. The maximum absolute atomic E-state index is 12.7. The molecule has 2 amide bonds. The quantitative estimate of drug-likeness (QED) is 0.282. The van der Waals surface area contributed by atoms with E-state index in [2.05, 4.69) is 10.6 Å². The molecule has 3 aromatic rings. The second-order valence-electron chi connectivity index (χ2n) is 7.85. The summed E-state index contributed by atoms with van der Waals surface area (Å²) in [4.78, 5) is 36.5. The van der Waals surface area contributed by atoms with Crippen LogP contribution in [0.3, 0.4) is 0 Å². The Bertz CT molecular complexity index is 1330. The van der Waals surface area contributed by atoms with Gasteiger partial charge >= 0.3 is 65.1 Å². The van der Waals surface area contributed by atoms with Gasteiger partial charge in [-0.05, 0) is 47.9 Å². The number of urea groups is 1. The maximum atomic E-state index is 12.7. The Labute approximate surface area is 258 Å². The minimum Gasteiger partial charge on any atom is -0.871 e. The number of pyridine rings is 1. The first-order valence-corrected chi connectivity index (χ1v) is 10.6. The zero-order chi connectivity index (χ0) is 25.7. The molecule has 1 heterocycles. The molecule has 12 heteroatoms. The molecule has 0 unspecified atom stereocenters. The van der Waals surface area contributed by atoms with Crippen molar-refractivity contribution in [3.05, 3.63) is 70.1 Å². The summed E-state index contributed by atoms with van der Waals surface area (Å²) < 4.78 is 11.9. The van der Waals surface area contributed by atoms with Crippen LogP contribution in [0.2, 0.25) is 0 Å². The van der Waals surface area contributed by atoms with E-state index < -0.39 is 41.5 Å². The summed E-state index contributed by atoms with van der Waals surface area (Å²) >= 11 is 0. The zero-order valence-electron chi connectivity index (χ0n) is 21.7. The van der Waals surface area contributed by atoms with Crippen LogP contribution >= 0.6 is 0 Å². The van der Waals surface area contributed by atoms with Gasteiger partial charge in [-0.1, -0.05) is 23.9 Å². The number of hydrogen-bond donors (Lipinski definition) is 2. The number of nitrogens with zero attached hydrogens (tertiary/aromatic N) is 1. The van der Waals surface area contributed by atoms with Gasteiger partial charge in [-0.15, -0.1) is 0 Å². The molecule has 0 bridgehead atoms. The van der Waals surface area contributed by atoms with Crippen LogP contribution in [0.15, 0.2) is 53.5 Å². The Hall–Kier alpha value is -2.47. The van der Waals surface area contributed by atoms with Crippen molar-refractivity contribution in [3.8, 4) is 28.4 Å². The Morgan fingerprint density at radius 2 is 1.78 bits per heavy atom. The molecule has 1 aromatic heterocycles. The molecule has 0 saturated heterocycles. The second kappa shape index (κ2) is 14.5. The number of carboxylic acid groups (broad SMARTS) is 1. The van der Waals surface area contributed by atoms with E-state index in [0.29, 0.717) is 22.6 Å². The number of aromatic nitrogens is 1. The van der Waals surface area contributed by atoms with Crippen LogP contribution in [-0.2, 0) is 11.8 Å². The number of anilines is 1. The average molecular weight is 525 g/mol. The number of nitrogens with one attached hydrogen (secondary N) is 2. The predicted molar refractivity (Wildman–Crippen MR) is 125 cm³/mol. The fourth-order valence-electron chi connectivity index (χ4n) is 3.67. The average Bonchev–Trinajstić information content (AvgIpc) is 2.84. The summed E-state index contributed by atoms with van der Waals surface area (Å²) in [6.45, 7) is 1.52. The number of hydrogen-bond acceptors (Lipinski definition) is 7. The van der Waals surface area contributed by atoms with Crippen LogP contribution in [0, 0.1) is 6.92 Å². The van der Waals surface area contributed by atoms with Crippen LogP contribution < -0.4 is 95.0 Å². The molecule has 0 fully saturated rings. The molecule has 2 N–H and O–H groups in total. The van der Waals surface area contributed by atoms with Crippen LogP contribution in [0.25, 0.3) is 11.1 Å². The molecule has 10 nitrogen and oxygen atoms in total. The molecule has 2 aromatic carbocycles. The van der Waals surface area contributed by atoms with Crippen LogP contribution in [0.5, 0.6) is 17.2 Å². The van der Waals surface area contributed by atoms with E-state index in [0.717, 1.165) is 5.56 Å². The van der Waals surface area contributed by atoms with Gasteiger partial charge in [0, 0.05) is 31.2 Å². The fraction of sp³-hybridized carbons (Fsp3) is 0.240. The number of rotatable bonds is 8. The summed E-state index contributed by atoms with van der Waals surface area (Å²) in [7, 11) is 4.50. The zero-order valence-corrected chi connectivity index (χ0v) is 25.7. The minimum atomic E-state index is -1.40. The van der Waals surface area contributed by atoms with E-state index in [4.69, 9.17) is 9.47 Å². The Kier molecular flexibility index (Phi) is 12.7. The maximum Gasteiger partial charge on any atom is 1.00 e. The van der Waals surface area contributed by atoms with Gasteiger partial charge in [0.15, 0.2) is 0 Å². The van der Waals surface area contributed by atoms with Crippen molar-refractivity contribution in [2.24, 2.45) is 7.05 Å². The van der Waals surface area contributed by atoms with E-state index >= 15 is 0 Å². The monoisotopic (exact) mass is 525 g/mol. The first-order chi connectivity index (χ1) is 16.6. The molecular formula is C25H25N3Na2O7. The van der Waals surface area contributed by atoms with Crippen molar-refractivity contribution in [1.29, 1.82) is 0 Å². The number of ether oxygens (including phenoxy) is 2. The SMILES string of the molecule is COc1cccc(-c2cc([C@H](CC(=O)[O-])NC(=O)Nc3c([O-])c(C)cn(C)c3=O)ccc2OC)c1.[Na+].[Na+]. The molecule has 37 heavy (non-hydrogen) atoms. The van der Waals surface area contributed by atoms with Crippen molar-refractivity contribution in [1.82, 2.24) is 9.88 Å². The first kappa shape index (κ1) is 32.6. The summed E-state index contributed by atoms with van der Waals surface area (Å²) in [5.41, 5.74) is 0.998. The third-order valence-electron chi connectivity index (χ3n) is 5.43.